The molecule has 5 nitrogen and oxygen atoms in total. The van der Waals surface area contributed by atoms with E-state index in [4.69, 9.17) is 5.73 Å². The first kappa shape index (κ1) is 12.4. The Morgan fingerprint density at radius 2 is 1.89 bits per heavy atom. The van der Waals surface area contributed by atoms with E-state index in [9.17, 15) is 8.42 Å². The molecular weight excluding hydrogens is 250 g/mol. The van der Waals surface area contributed by atoms with Crippen molar-refractivity contribution in [1.29, 1.82) is 0 Å². The van der Waals surface area contributed by atoms with E-state index in [-0.39, 0.29) is 16.5 Å². The van der Waals surface area contributed by atoms with Crippen molar-refractivity contribution in [1.82, 2.24) is 4.98 Å². The topological polar surface area (TPSA) is 85.1 Å². The van der Waals surface area contributed by atoms with Gasteiger partial charge in [0.15, 0.2) is 0 Å². The molecule has 0 spiro atoms. The van der Waals surface area contributed by atoms with Crippen LogP contribution in [0.4, 0.5) is 11.6 Å². The molecule has 0 unspecified atom stereocenters. The first-order chi connectivity index (χ1) is 8.47. The van der Waals surface area contributed by atoms with Crippen LogP contribution in [0.3, 0.4) is 0 Å². The van der Waals surface area contributed by atoms with Crippen LogP contribution < -0.4 is 10.5 Å². The maximum absolute atomic E-state index is 12.1. The summed E-state index contributed by atoms with van der Waals surface area (Å²) in [4.78, 5) is 4.09. The number of hydrogen-bond donors (Lipinski definition) is 2. The summed E-state index contributed by atoms with van der Waals surface area (Å²) in [6.45, 7) is 1.83. The highest BCUT2D eigenvalue weighted by Crippen LogP contribution is 2.16. The van der Waals surface area contributed by atoms with Crippen molar-refractivity contribution in [3.05, 3.63) is 48.0 Å². The van der Waals surface area contributed by atoms with Gasteiger partial charge in [0.2, 0.25) is 0 Å². The van der Waals surface area contributed by atoms with Gasteiger partial charge in [0.05, 0.1) is 4.90 Å². The number of anilines is 2. The minimum Gasteiger partial charge on any atom is -0.384 e. The molecule has 2 rings (SSSR count). The van der Waals surface area contributed by atoms with Crippen LogP contribution in [0.25, 0.3) is 0 Å². The molecule has 0 radical (unpaired) electrons. The number of sulfonamides is 1. The van der Waals surface area contributed by atoms with Crippen LogP contribution in [0.5, 0.6) is 0 Å². The van der Waals surface area contributed by atoms with Gasteiger partial charge in [0.25, 0.3) is 10.0 Å². The summed E-state index contributed by atoms with van der Waals surface area (Å²) in [6.07, 6.45) is 0. The summed E-state index contributed by atoms with van der Waals surface area (Å²) in [6, 6.07) is 11.4. The third kappa shape index (κ3) is 2.78. The number of nitrogens with one attached hydrogen (secondary N) is 1. The minimum absolute atomic E-state index is 0.201. The lowest BCUT2D eigenvalue weighted by Gasteiger charge is -2.08. The van der Waals surface area contributed by atoms with Gasteiger partial charge in [-0.05, 0) is 36.8 Å². The first-order valence-electron chi connectivity index (χ1n) is 5.29. The Labute approximate surface area is 106 Å². The van der Waals surface area contributed by atoms with Crippen molar-refractivity contribution >= 4 is 21.7 Å². The van der Waals surface area contributed by atoms with Crippen LogP contribution >= 0.6 is 0 Å². The molecule has 0 saturated heterocycles. The van der Waals surface area contributed by atoms with Crippen LogP contribution in [-0.4, -0.2) is 13.4 Å². The third-order valence-corrected chi connectivity index (χ3v) is 3.66. The second kappa shape index (κ2) is 4.66. The van der Waals surface area contributed by atoms with Crippen molar-refractivity contribution in [3.8, 4) is 0 Å². The third-order valence-electron chi connectivity index (χ3n) is 2.31. The number of nitrogen functional groups attached to an aromatic ring is 1. The highest BCUT2D eigenvalue weighted by Gasteiger charge is 2.14. The first-order valence-corrected chi connectivity index (χ1v) is 6.78. The lowest BCUT2D eigenvalue weighted by atomic mass is 10.2. The average Bonchev–Trinajstić information content (AvgIpc) is 2.28. The average molecular weight is 263 g/mol. The predicted octanol–water partition coefficient (Wildman–Crippen LogP) is 1.77. The summed E-state index contributed by atoms with van der Waals surface area (Å²) in [7, 11) is -3.62. The normalized spacial score (nSPS) is 11.2. The molecular formula is C12H13N3O2S. The van der Waals surface area contributed by atoms with Gasteiger partial charge in [-0.1, -0.05) is 18.2 Å². The number of pyridine rings is 1. The summed E-state index contributed by atoms with van der Waals surface area (Å²) >= 11 is 0. The molecule has 0 atom stereocenters. The maximum Gasteiger partial charge on any atom is 0.263 e. The quantitative estimate of drug-likeness (QED) is 0.883. The van der Waals surface area contributed by atoms with Crippen LogP contribution in [0.1, 0.15) is 5.56 Å². The standard InChI is InChI=1S/C12H13N3O2S/c1-9-4-2-5-10(8-9)18(16,17)15-12-7-3-6-11(13)14-12/h2-8H,1H3,(H3,13,14,15). The monoisotopic (exact) mass is 263 g/mol. The van der Waals surface area contributed by atoms with Crippen molar-refractivity contribution in [3.63, 3.8) is 0 Å². The van der Waals surface area contributed by atoms with E-state index < -0.39 is 10.0 Å². The molecule has 1 heterocycles. The molecule has 3 N–H and O–H groups in total. The zero-order valence-corrected chi connectivity index (χ0v) is 10.6. The lowest BCUT2D eigenvalue weighted by Crippen LogP contribution is -2.14. The number of benzene rings is 1. The summed E-state index contributed by atoms with van der Waals surface area (Å²) in [5.74, 6) is 0.468. The Bertz CT molecular complexity index is 669. The number of rotatable bonds is 3. The number of nitrogens with zero attached hydrogens (tertiary/aromatic N) is 1. The minimum atomic E-state index is -3.62. The van der Waals surface area contributed by atoms with Crippen LogP contribution in [0, 0.1) is 6.92 Å². The summed E-state index contributed by atoms with van der Waals surface area (Å²) in [5, 5.41) is 0. The fraction of sp³-hybridized carbons (Fsp3) is 0.0833. The van der Waals surface area contributed by atoms with Crippen molar-refractivity contribution in [2.24, 2.45) is 0 Å². The van der Waals surface area contributed by atoms with E-state index in [1.807, 2.05) is 13.0 Å². The molecule has 0 saturated carbocycles. The predicted molar refractivity (Wildman–Crippen MR) is 70.6 cm³/mol. The Kier molecular flexibility index (Phi) is 3.20. The maximum atomic E-state index is 12.1. The fourth-order valence-electron chi connectivity index (χ4n) is 1.49. The Morgan fingerprint density at radius 3 is 2.56 bits per heavy atom. The number of aryl methyl sites for hydroxylation is 1. The zero-order chi connectivity index (χ0) is 13.2. The summed E-state index contributed by atoms with van der Waals surface area (Å²) in [5.41, 5.74) is 6.37. The van der Waals surface area contributed by atoms with Crippen LogP contribution in [-0.2, 0) is 10.0 Å². The van der Waals surface area contributed by atoms with E-state index in [2.05, 4.69) is 9.71 Å². The fourth-order valence-corrected chi connectivity index (χ4v) is 2.59. The molecule has 1 aromatic carbocycles. The SMILES string of the molecule is Cc1cccc(S(=O)(=O)Nc2cccc(N)n2)c1. The van der Waals surface area contributed by atoms with E-state index in [0.717, 1.165) is 5.56 Å². The lowest BCUT2D eigenvalue weighted by molar-refractivity contribution is 0.601. The summed E-state index contributed by atoms with van der Waals surface area (Å²) < 4.78 is 26.5. The molecule has 94 valence electrons. The van der Waals surface area contributed by atoms with Crippen LogP contribution in [0.2, 0.25) is 0 Å². The molecule has 0 fully saturated rings. The highest BCUT2D eigenvalue weighted by atomic mass is 32.2. The zero-order valence-electron chi connectivity index (χ0n) is 9.79. The Morgan fingerprint density at radius 1 is 1.17 bits per heavy atom. The van der Waals surface area contributed by atoms with Crippen molar-refractivity contribution in [2.45, 2.75) is 11.8 Å². The second-order valence-corrected chi connectivity index (χ2v) is 5.55. The van der Waals surface area contributed by atoms with Gasteiger partial charge in [0, 0.05) is 0 Å². The molecule has 18 heavy (non-hydrogen) atoms. The number of hydrogen-bond acceptors (Lipinski definition) is 4. The van der Waals surface area contributed by atoms with E-state index in [1.165, 1.54) is 6.07 Å². The molecule has 6 heteroatoms. The molecule has 0 aliphatic rings. The van der Waals surface area contributed by atoms with E-state index in [0.29, 0.717) is 0 Å². The largest absolute Gasteiger partial charge is 0.384 e. The van der Waals surface area contributed by atoms with Gasteiger partial charge in [0.1, 0.15) is 11.6 Å². The molecule has 1 aromatic heterocycles. The van der Waals surface area contributed by atoms with Crippen molar-refractivity contribution in [2.75, 3.05) is 10.5 Å². The molecule has 0 bridgehead atoms. The van der Waals surface area contributed by atoms with Gasteiger partial charge in [-0.25, -0.2) is 13.4 Å². The van der Waals surface area contributed by atoms with Gasteiger partial charge in [-0.2, -0.15) is 0 Å². The molecule has 0 amide bonds. The molecule has 0 aliphatic heterocycles. The smallest absolute Gasteiger partial charge is 0.263 e. The highest BCUT2D eigenvalue weighted by molar-refractivity contribution is 7.92. The van der Waals surface area contributed by atoms with Crippen LogP contribution in [0.15, 0.2) is 47.4 Å². The number of nitrogens with two attached hydrogens (primary N) is 1. The Balaban J connectivity index is 2.33. The van der Waals surface area contributed by atoms with E-state index >= 15 is 0 Å². The molecule has 2 aromatic rings. The number of aromatic nitrogens is 1. The second-order valence-electron chi connectivity index (χ2n) is 3.87. The van der Waals surface area contributed by atoms with Gasteiger partial charge >= 0.3 is 0 Å². The molecule has 0 aliphatic carbocycles. The van der Waals surface area contributed by atoms with Gasteiger partial charge in [-0.3, -0.25) is 4.72 Å². The van der Waals surface area contributed by atoms with Crippen molar-refractivity contribution < 1.29 is 8.42 Å². The van der Waals surface area contributed by atoms with Gasteiger partial charge in [-0.15, -0.1) is 0 Å². The Hall–Kier alpha value is -2.08. The van der Waals surface area contributed by atoms with Gasteiger partial charge < -0.3 is 5.73 Å². The van der Waals surface area contributed by atoms with E-state index in [1.54, 1.807) is 30.3 Å².